The Bertz CT molecular complexity index is 1160. The van der Waals surface area contributed by atoms with Crippen molar-refractivity contribution in [3.05, 3.63) is 72.3 Å². The maximum Gasteiger partial charge on any atom is 0.263 e. The Morgan fingerprint density at radius 3 is 2.41 bits per heavy atom. The Morgan fingerprint density at radius 1 is 1.07 bits per heavy atom. The van der Waals surface area contributed by atoms with Crippen LogP contribution in [-0.2, 0) is 14.8 Å². The molecule has 0 aliphatic rings. The van der Waals surface area contributed by atoms with Crippen molar-refractivity contribution >= 4 is 38.6 Å². The maximum atomic E-state index is 12.5. The van der Waals surface area contributed by atoms with Gasteiger partial charge < -0.3 is 5.11 Å². The number of nitrogens with zero attached hydrogens (tertiary/aromatic N) is 2. The predicted octanol–water partition coefficient (Wildman–Crippen LogP) is 2.85. The van der Waals surface area contributed by atoms with Gasteiger partial charge in [-0.25, -0.2) is 13.8 Å². The van der Waals surface area contributed by atoms with E-state index in [1.807, 2.05) is 24.3 Å². The number of nitrogens with one attached hydrogen (secondary N) is 1. The first-order chi connectivity index (χ1) is 13.8. The van der Waals surface area contributed by atoms with Gasteiger partial charge in [-0.2, -0.15) is 5.10 Å². The number of aromatic hydroxyl groups is 1. The smallest absolute Gasteiger partial charge is 0.263 e. The van der Waals surface area contributed by atoms with Crippen LogP contribution >= 0.6 is 0 Å². The van der Waals surface area contributed by atoms with Crippen molar-refractivity contribution in [2.45, 2.75) is 13.0 Å². The van der Waals surface area contributed by atoms with E-state index in [0.29, 0.717) is 11.3 Å². The first kappa shape index (κ1) is 20.3. The second-order valence-electron chi connectivity index (χ2n) is 6.52. The fourth-order valence-corrected chi connectivity index (χ4v) is 4.23. The van der Waals surface area contributed by atoms with Crippen LogP contribution in [0.2, 0.25) is 0 Å². The Morgan fingerprint density at radius 2 is 1.72 bits per heavy atom. The molecule has 150 valence electrons. The van der Waals surface area contributed by atoms with Gasteiger partial charge >= 0.3 is 0 Å². The van der Waals surface area contributed by atoms with Crippen molar-refractivity contribution in [3.63, 3.8) is 0 Å². The zero-order valence-electron chi connectivity index (χ0n) is 16.0. The van der Waals surface area contributed by atoms with Crippen LogP contribution in [0.15, 0.2) is 71.8 Å². The van der Waals surface area contributed by atoms with Gasteiger partial charge in [-0.1, -0.05) is 48.5 Å². The molecule has 8 heteroatoms. The molecule has 0 unspecified atom stereocenters. The highest BCUT2D eigenvalue weighted by Gasteiger charge is 2.28. The third kappa shape index (κ3) is 4.55. The molecular weight excluding hydrogens is 390 g/mol. The zero-order valence-corrected chi connectivity index (χ0v) is 16.8. The molecule has 0 aliphatic heterocycles. The summed E-state index contributed by atoms with van der Waals surface area (Å²) < 4.78 is 25.5. The summed E-state index contributed by atoms with van der Waals surface area (Å²) in [6.45, 7) is 1.48. The van der Waals surface area contributed by atoms with Crippen LogP contribution in [0.25, 0.3) is 10.8 Å². The average Bonchev–Trinajstić information content (AvgIpc) is 2.69. The molecule has 0 bridgehead atoms. The van der Waals surface area contributed by atoms with Crippen LogP contribution < -0.4 is 9.73 Å². The van der Waals surface area contributed by atoms with Crippen LogP contribution in [0, 0.1) is 0 Å². The molecular formula is C21H21N3O4S. The van der Waals surface area contributed by atoms with Crippen LogP contribution in [-0.4, -0.2) is 37.9 Å². The number of anilines is 1. The van der Waals surface area contributed by atoms with E-state index < -0.39 is 22.0 Å². The van der Waals surface area contributed by atoms with Crippen molar-refractivity contribution < 1.29 is 18.3 Å². The van der Waals surface area contributed by atoms with Gasteiger partial charge in [0.25, 0.3) is 5.91 Å². The number of phenolic OH excluding ortho intramolecular Hbond substituents is 1. The third-order valence-corrected chi connectivity index (χ3v) is 5.66. The summed E-state index contributed by atoms with van der Waals surface area (Å²) in [5, 5.41) is 15.8. The molecule has 3 aromatic rings. The number of hydrogen-bond acceptors (Lipinski definition) is 5. The van der Waals surface area contributed by atoms with Gasteiger partial charge in [-0.15, -0.1) is 0 Å². The molecule has 7 nitrogen and oxygen atoms in total. The first-order valence-electron chi connectivity index (χ1n) is 8.87. The van der Waals surface area contributed by atoms with E-state index >= 15 is 0 Å². The number of benzene rings is 3. The number of phenols is 1. The van der Waals surface area contributed by atoms with E-state index in [1.165, 1.54) is 13.1 Å². The van der Waals surface area contributed by atoms with Gasteiger partial charge in [0, 0.05) is 5.56 Å². The molecule has 2 N–H and O–H groups in total. The van der Waals surface area contributed by atoms with E-state index in [9.17, 15) is 18.3 Å². The first-order valence-corrected chi connectivity index (χ1v) is 10.7. The van der Waals surface area contributed by atoms with Crippen LogP contribution in [0.1, 0.15) is 12.5 Å². The highest BCUT2D eigenvalue weighted by molar-refractivity contribution is 7.92. The SMILES string of the molecule is C[C@@H](C(=O)N/N=C\c1c(O)ccc2ccccc12)N(c1ccccc1)S(C)(=O)=O. The Balaban J connectivity index is 1.82. The van der Waals surface area contributed by atoms with E-state index in [-0.39, 0.29) is 5.75 Å². The van der Waals surface area contributed by atoms with Gasteiger partial charge in [0.15, 0.2) is 0 Å². The van der Waals surface area contributed by atoms with E-state index in [1.54, 1.807) is 42.5 Å². The minimum Gasteiger partial charge on any atom is -0.507 e. The number of hydrogen-bond donors (Lipinski definition) is 2. The van der Waals surface area contributed by atoms with Crippen molar-refractivity contribution in [2.24, 2.45) is 5.10 Å². The van der Waals surface area contributed by atoms with E-state index in [4.69, 9.17) is 0 Å². The standard InChI is InChI=1S/C21H21N3O4S/c1-15(24(29(2,27)28)17-9-4-3-5-10-17)21(26)23-22-14-19-18-11-7-6-8-16(18)12-13-20(19)25/h3-15,25H,1-2H3,(H,23,26)/b22-14-/t15-/m0/s1. The lowest BCUT2D eigenvalue weighted by Crippen LogP contribution is -2.46. The number of rotatable bonds is 6. The van der Waals surface area contributed by atoms with Crippen LogP contribution in [0.4, 0.5) is 5.69 Å². The topological polar surface area (TPSA) is 99.1 Å². The molecule has 3 rings (SSSR count). The quantitative estimate of drug-likeness (QED) is 0.481. The molecule has 1 amide bonds. The van der Waals surface area contributed by atoms with E-state index in [0.717, 1.165) is 21.3 Å². The molecule has 29 heavy (non-hydrogen) atoms. The lowest BCUT2D eigenvalue weighted by Gasteiger charge is -2.27. The lowest BCUT2D eigenvalue weighted by atomic mass is 10.0. The number of hydrazone groups is 1. The fourth-order valence-electron chi connectivity index (χ4n) is 3.06. The van der Waals surface area contributed by atoms with Gasteiger partial charge in [-0.05, 0) is 35.9 Å². The molecule has 0 saturated carbocycles. The molecule has 0 fully saturated rings. The van der Waals surface area contributed by atoms with Crippen molar-refractivity contribution in [1.29, 1.82) is 0 Å². The highest BCUT2D eigenvalue weighted by atomic mass is 32.2. The Kier molecular flexibility index (Phi) is 5.84. The zero-order chi connectivity index (χ0) is 21.0. The van der Waals surface area contributed by atoms with Crippen molar-refractivity contribution in [2.75, 3.05) is 10.6 Å². The summed E-state index contributed by atoms with van der Waals surface area (Å²) in [5.74, 6) is -0.577. The van der Waals surface area contributed by atoms with Crippen molar-refractivity contribution in [3.8, 4) is 5.75 Å². The monoisotopic (exact) mass is 411 g/mol. The number of carbonyl (C=O) groups excluding carboxylic acids is 1. The largest absolute Gasteiger partial charge is 0.507 e. The van der Waals surface area contributed by atoms with Gasteiger partial charge in [0.2, 0.25) is 10.0 Å². The molecule has 0 heterocycles. The number of carbonyl (C=O) groups is 1. The summed E-state index contributed by atoms with van der Waals surface area (Å²) in [7, 11) is -3.69. The van der Waals surface area contributed by atoms with Gasteiger partial charge in [0.05, 0.1) is 18.2 Å². The van der Waals surface area contributed by atoms with Crippen molar-refractivity contribution in [1.82, 2.24) is 5.43 Å². The van der Waals surface area contributed by atoms with Gasteiger partial charge in [0.1, 0.15) is 11.8 Å². The molecule has 0 spiro atoms. The molecule has 0 radical (unpaired) electrons. The fraction of sp³-hybridized carbons (Fsp3) is 0.143. The molecule has 1 atom stereocenters. The summed E-state index contributed by atoms with van der Waals surface area (Å²) in [4.78, 5) is 12.5. The number of fused-ring (bicyclic) bond motifs is 1. The summed E-state index contributed by atoms with van der Waals surface area (Å²) in [5.41, 5.74) is 3.20. The summed E-state index contributed by atoms with van der Waals surface area (Å²) >= 11 is 0. The second kappa shape index (κ2) is 8.32. The Hall–Kier alpha value is -3.39. The summed E-state index contributed by atoms with van der Waals surface area (Å²) in [6.07, 6.45) is 2.39. The minimum atomic E-state index is -3.69. The lowest BCUT2D eigenvalue weighted by molar-refractivity contribution is -0.121. The molecule has 3 aromatic carbocycles. The number of amides is 1. The molecule has 0 saturated heterocycles. The van der Waals surface area contributed by atoms with Crippen LogP contribution in [0.5, 0.6) is 5.75 Å². The molecule has 0 aliphatic carbocycles. The second-order valence-corrected chi connectivity index (χ2v) is 8.38. The van der Waals surface area contributed by atoms with Gasteiger partial charge in [-0.3, -0.25) is 9.10 Å². The third-order valence-electron chi connectivity index (χ3n) is 4.42. The number of sulfonamides is 1. The van der Waals surface area contributed by atoms with Crippen LogP contribution in [0.3, 0.4) is 0 Å². The summed E-state index contributed by atoms with van der Waals surface area (Å²) in [6, 6.07) is 18.1. The predicted molar refractivity (Wildman–Crippen MR) is 115 cm³/mol. The maximum absolute atomic E-state index is 12.5. The van der Waals surface area contributed by atoms with E-state index in [2.05, 4.69) is 10.5 Å². The minimum absolute atomic E-state index is 0.0248. The number of para-hydroxylation sites is 1. The normalized spacial score (nSPS) is 12.8. The average molecular weight is 411 g/mol. The highest BCUT2D eigenvalue weighted by Crippen LogP contribution is 2.25. The molecule has 0 aromatic heterocycles. The Labute approximate surface area is 169 Å².